The maximum atomic E-state index is 13.2. The molecule has 1 aliphatic heterocycles. The highest BCUT2D eigenvalue weighted by molar-refractivity contribution is 5.95. The highest BCUT2D eigenvalue weighted by atomic mass is 17.2. The second-order valence-electron chi connectivity index (χ2n) is 9.27. The van der Waals surface area contributed by atoms with E-state index >= 15 is 0 Å². The van der Waals surface area contributed by atoms with E-state index in [0.29, 0.717) is 19.3 Å². The second kappa shape index (κ2) is 16.4. The van der Waals surface area contributed by atoms with E-state index in [9.17, 15) is 28.8 Å². The number of hydrogen-bond donors (Lipinski definition) is 3. The number of nitrogens with zero attached hydrogens (tertiary/aromatic N) is 1. The van der Waals surface area contributed by atoms with Gasteiger partial charge in [0.05, 0.1) is 26.5 Å². The number of hydrogen-bond acceptors (Lipinski definition) is 10. The molecule has 0 spiro atoms. The normalized spacial score (nSPS) is 17.0. The number of carbonyl (C=O) groups excluding carboxylic acids is 6. The molecule has 0 aromatic rings. The van der Waals surface area contributed by atoms with Crippen LogP contribution in [0.5, 0.6) is 0 Å². The SMILES string of the molecule is COOCCCC(=O)NC(C)C(=O)NC(C)C(=O)N1CCC[C@H]1C(=O)NC(=C(OC(C)=O)C(=O)OC)C(C)C. The molecule has 1 fully saturated rings. The fraction of sp³-hybridized carbons (Fsp3) is 0.680. The van der Waals surface area contributed by atoms with Gasteiger partial charge in [-0.2, -0.15) is 0 Å². The molecule has 4 amide bonds. The summed E-state index contributed by atoms with van der Waals surface area (Å²) in [6.07, 6.45) is 1.42. The number of rotatable bonds is 14. The monoisotopic (exact) mass is 556 g/mol. The van der Waals surface area contributed by atoms with Gasteiger partial charge in [-0.05, 0) is 39.0 Å². The summed E-state index contributed by atoms with van der Waals surface area (Å²) >= 11 is 0. The molecule has 0 saturated carbocycles. The Bertz CT molecular complexity index is 949. The molecule has 0 radical (unpaired) electrons. The van der Waals surface area contributed by atoms with Crippen molar-refractivity contribution in [1.29, 1.82) is 0 Å². The maximum Gasteiger partial charge on any atom is 0.375 e. The first-order valence-corrected chi connectivity index (χ1v) is 12.7. The van der Waals surface area contributed by atoms with Gasteiger partial charge in [0.25, 0.3) is 0 Å². The third kappa shape index (κ3) is 10.6. The van der Waals surface area contributed by atoms with E-state index in [-0.39, 0.29) is 31.2 Å². The minimum atomic E-state index is -0.979. The van der Waals surface area contributed by atoms with Crippen LogP contribution in [0.15, 0.2) is 11.5 Å². The fourth-order valence-corrected chi connectivity index (χ4v) is 3.83. The number of allylic oxidation sites excluding steroid dienone is 1. The van der Waals surface area contributed by atoms with Gasteiger partial charge >= 0.3 is 11.9 Å². The van der Waals surface area contributed by atoms with Crippen LogP contribution in [-0.2, 0) is 48.0 Å². The van der Waals surface area contributed by atoms with Crippen molar-refractivity contribution in [1.82, 2.24) is 20.9 Å². The standard InChI is InChI=1S/C25H40N4O10/c1-14(2)20(21(25(35)36-6)39-17(5)30)28-23(33)18-10-8-12-29(18)24(34)16(4)27-22(32)15(3)26-19(31)11-9-13-38-37-7/h14-16,18H,8-13H2,1-7H3,(H,26,31)(H,27,32)(H,28,33)/t15?,16?,18-/m0/s1. The predicted molar refractivity (Wildman–Crippen MR) is 136 cm³/mol. The van der Waals surface area contributed by atoms with Crippen LogP contribution >= 0.6 is 0 Å². The topological polar surface area (TPSA) is 179 Å². The Morgan fingerprint density at radius 1 is 0.974 bits per heavy atom. The first-order chi connectivity index (χ1) is 18.3. The first-order valence-electron chi connectivity index (χ1n) is 12.7. The molecule has 0 aromatic heterocycles. The quantitative estimate of drug-likeness (QED) is 0.0662. The van der Waals surface area contributed by atoms with Gasteiger partial charge in [-0.1, -0.05) is 13.8 Å². The van der Waals surface area contributed by atoms with Crippen LogP contribution in [0.2, 0.25) is 0 Å². The lowest BCUT2D eigenvalue weighted by molar-refractivity contribution is -0.272. The van der Waals surface area contributed by atoms with Crippen LogP contribution in [-0.4, -0.2) is 86.0 Å². The molecule has 2 unspecified atom stereocenters. The molecule has 1 aliphatic rings. The number of likely N-dealkylation sites (tertiary alicyclic amines) is 1. The zero-order valence-corrected chi connectivity index (χ0v) is 23.6. The smallest absolute Gasteiger partial charge is 0.375 e. The minimum absolute atomic E-state index is 0.0426. The van der Waals surface area contributed by atoms with Gasteiger partial charge in [0.2, 0.25) is 29.4 Å². The molecule has 0 bridgehead atoms. The Hall–Kier alpha value is -3.52. The van der Waals surface area contributed by atoms with Gasteiger partial charge in [0, 0.05) is 19.9 Å². The Kier molecular flexibility index (Phi) is 14.1. The highest BCUT2D eigenvalue weighted by Crippen LogP contribution is 2.21. The summed E-state index contributed by atoms with van der Waals surface area (Å²) in [5, 5.41) is 7.75. The van der Waals surface area contributed by atoms with E-state index in [4.69, 9.17) is 9.62 Å². The molecule has 1 saturated heterocycles. The third-order valence-corrected chi connectivity index (χ3v) is 5.78. The molecule has 14 heteroatoms. The van der Waals surface area contributed by atoms with E-state index in [2.05, 4.69) is 25.6 Å². The maximum absolute atomic E-state index is 13.2. The summed E-state index contributed by atoms with van der Waals surface area (Å²) in [4.78, 5) is 85.1. The molecular formula is C25H40N4O10. The Balaban J connectivity index is 2.87. The molecule has 39 heavy (non-hydrogen) atoms. The Labute approximate surface area is 228 Å². The molecule has 220 valence electrons. The summed E-state index contributed by atoms with van der Waals surface area (Å²) < 4.78 is 9.69. The Morgan fingerprint density at radius 2 is 1.64 bits per heavy atom. The number of carbonyl (C=O) groups is 6. The van der Waals surface area contributed by atoms with Gasteiger partial charge < -0.3 is 30.3 Å². The molecule has 1 heterocycles. The van der Waals surface area contributed by atoms with Crippen molar-refractivity contribution in [2.24, 2.45) is 5.92 Å². The zero-order chi connectivity index (χ0) is 29.7. The van der Waals surface area contributed by atoms with Crippen molar-refractivity contribution in [3.8, 4) is 0 Å². The summed E-state index contributed by atoms with van der Waals surface area (Å²) in [5.74, 6) is -4.56. The van der Waals surface area contributed by atoms with Crippen LogP contribution in [0.25, 0.3) is 0 Å². The Morgan fingerprint density at radius 3 is 2.21 bits per heavy atom. The van der Waals surface area contributed by atoms with Gasteiger partial charge in [-0.3, -0.25) is 24.0 Å². The molecule has 1 rings (SSSR count). The molecule has 0 aliphatic carbocycles. The number of nitrogens with one attached hydrogen (secondary N) is 3. The fourth-order valence-electron chi connectivity index (χ4n) is 3.83. The lowest BCUT2D eigenvalue weighted by Crippen LogP contribution is -2.55. The molecule has 3 N–H and O–H groups in total. The number of amides is 4. The van der Waals surface area contributed by atoms with Crippen molar-refractivity contribution >= 4 is 35.6 Å². The molecule has 3 atom stereocenters. The van der Waals surface area contributed by atoms with Gasteiger partial charge in [-0.25, -0.2) is 14.6 Å². The molecule has 14 nitrogen and oxygen atoms in total. The van der Waals surface area contributed by atoms with Gasteiger partial charge in [0.1, 0.15) is 18.1 Å². The van der Waals surface area contributed by atoms with E-state index in [1.807, 2.05) is 0 Å². The molecule has 0 aromatic carbocycles. The summed E-state index contributed by atoms with van der Waals surface area (Å²) in [5.41, 5.74) is 0.0426. The number of esters is 2. The minimum Gasteiger partial charge on any atom is -0.463 e. The average molecular weight is 557 g/mol. The lowest BCUT2D eigenvalue weighted by atomic mass is 10.1. The van der Waals surface area contributed by atoms with E-state index in [1.54, 1.807) is 13.8 Å². The largest absolute Gasteiger partial charge is 0.463 e. The summed E-state index contributed by atoms with van der Waals surface area (Å²) in [7, 11) is 2.47. The lowest BCUT2D eigenvalue weighted by Gasteiger charge is -2.28. The van der Waals surface area contributed by atoms with Crippen molar-refractivity contribution in [3.05, 3.63) is 11.5 Å². The predicted octanol–water partition coefficient (Wildman–Crippen LogP) is 0.0649. The van der Waals surface area contributed by atoms with Crippen molar-refractivity contribution < 1.29 is 48.0 Å². The third-order valence-electron chi connectivity index (χ3n) is 5.78. The van der Waals surface area contributed by atoms with Crippen LogP contribution < -0.4 is 16.0 Å². The van der Waals surface area contributed by atoms with Gasteiger partial charge in [-0.15, -0.1) is 0 Å². The summed E-state index contributed by atoms with van der Waals surface area (Å²) in [6.45, 7) is 7.96. The van der Waals surface area contributed by atoms with Gasteiger partial charge in [0.15, 0.2) is 0 Å². The van der Waals surface area contributed by atoms with E-state index in [1.165, 1.54) is 25.9 Å². The van der Waals surface area contributed by atoms with Crippen molar-refractivity contribution in [3.63, 3.8) is 0 Å². The van der Waals surface area contributed by atoms with Crippen LogP contribution in [0.1, 0.15) is 60.3 Å². The van der Waals surface area contributed by atoms with Crippen LogP contribution in [0.4, 0.5) is 0 Å². The van der Waals surface area contributed by atoms with Crippen LogP contribution in [0.3, 0.4) is 0 Å². The van der Waals surface area contributed by atoms with Crippen molar-refractivity contribution in [2.75, 3.05) is 27.4 Å². The second-order valence-corrected chi connectivity index (χ2v) is 9.27. The van der Waals surface area contributed by atoms with E-state index in [0.717, 1.165) is 14.0 Å². The zero-order valence-electron chi connectivity index (χ0n) is 23.6. The first kappa shape index (κ1) is 33.5. The van der Waals surface area contributed by atoms with Crippen molar-refractivity contribution in [2.45, 2.75) is 78.4 Å². The van der Waals surface area contributed by atoms with E-state index < -0.39 is 59.5 Å². The molecular weight excluding hydrogens is 516 g/mol. The highest BCUT2D eigenvalue weighted by Gasteiger charge is 2.38. The average Bonchev–Trinajstić information content (AvgIpc) is 3.37. The number of methoxy groups -OCH3 is 1. The summed E-state index contributed by atoms with van der Waals surface area (Å²) in [6, 6.07) is -2.76. The van der Waals surface area contributed by atoms with Crippen LogP contribution in [0, 0.1) is 5.92 Å². The number of ether oxygens (including phenoxy) is 2.